The summed E-state index contributed by atoms with van der Waals surface area (Å²) in [6.07, 6.45) is 3.35. The SMILES string of the molecule is O=C(Nc1ccc(C(F)(F)F)cc1F)C1CCCC(c2ccc(-c3cncnc3)cc2)C1. The van der Waals surface area contributed by atoms with Crippen LogP contribution in [0.2, 0.25) is 0 Å². The van der Waals surface area contributed by atoms with Gasteiger partial charge in [0.2, 0.25) is 5.91 Å². The zero-order chi connectivity index (χ0) is 22.7. The number of carbonyl (C=O) groups is 1. The fourth-order valence-corrected chi connectivity index (χ4v) is 4.15. The number of nitrogens with zero attached hydrogens (tertiary/aromatic N) is 2. The summed E-state index contributed by atoms with van der Waals surface area (Å²) in [5.74, 6) is -1.62. The van der Waals surface area contributed by atoms with Crippen molar-refractivity contribution >= 4 is 11.6 Å². The topological polar surface area (TPSA) is 54.9 Å². The van der Waals surface area contributed by atoms with Gasteiger partial charge in [-0.05, 0) is 54.5 Å². The number of nitrogens with one attached hydrogen (secondary N) is 1. The maximum atomic E-state index is 14.1. The fraction of sp³-hybridized carbons (Fsp3) is 0.292. The van der Waals surface area contributed by atoms with Crippen molar-refractivity contribution in [2.45, 2.75) is 37.8 Å². The standard InChI is InChI=1S/C24H21F4N3O/c25-21-11-20(24(26,27)28)8-9-22(21)31-23(32)18-3-1-2-17(10-18)15-4-6-16(7-5-15)19-12-29-14-30-13-19/h4-9,11-14,17-18H,1-3,10H2,(H,31,32). The summed E-state index contributed by atoms with van der Waals surface area (Å²) in [5, 5.41) is 2.47. The summed E-state index contributed by atoms with van der Waals surface area (Å²) in [5.41, 5.74) is 1.70. The van der Waals surface area contributed by atoms with Crippen LogP contribution in [0.25, 0.3) is 11.1 Å². The van der Waals surface area contributed by atoms with Crippen molar-refractivity contribution in [3.63, 3.8) is 0 Å². The van der Waals surface area contributed by atoms with E-state index in [4.69, 9.17) is 0 Å². The number of alkyl halides is 3. The third-order valence-electron chi connectivity index (χ3n) is 5.88. The maximum absolute atomic E-state index is 14.1. The number of hydrogen-bond acceptors (Lipinski definition) is 3. The van der Waals surface area contributed by atoms with Crippen molar-refractivity contribution in [3.05, 3.63) is 78.1 Å². The van der Waals surface area contributed by atoms with Crippen LogP contribution in [-0.4, -0.2) is 15.9 Å². The lowest BCUT2D eigenvalue weighted by molar-refractivity contribution is -0.137. The van der Waals surface area contributed by atoms with Crippen LogP contribution in [-0.2, 0) is 11.0 Å². The van der Waals surface area contributed by atoms with E-state index in [2.05, 4.69) is 15.3 Å². The van der Waals surface area contributed by atoms with Gasteiger partial charge in [-0.1, -0.05) is 30.7 Å². The summed E-state index contributed by atoms with van der Waals surface area (Å²) in [6, 6.07) is 10.2. The highest BCUT2D eigenvalue weighted by Crippen LogP contribution is 2.38. The van der Waals surface area contributed by atoms with Gasteiger partial charge >= 0.3 is 6.18 Å². The Morgan fingerprint density at radius 3 is 2.34 bits per heavy atom. The zero-order valence-electron chi connectivity index (χ0n) is 17.1. The van der Waals surface area contributed by atoms with Crippen LogP contribution in [0.1, 0.15) is 42.7 Å². The second-order valence-corrected chi connectivity index (χ2v) is 7.99. The van der Waals surface area contributed by atoms with E-state index in [-0.39, 0.29) is 23.4 Å². The molecule has 1 N–H and O–H groups in total. The molecule has 1 aromatic heterocycles. The molecule has 1 saturated carbocycles. The Hall–Kier alpha value is -3.29. The Morgan fingerprint density at radius 2 is 1.69 bits per heavy atom. The molecule has 1 amide bonds. The van der Waals surface area contributed by atoms with Crippen molar-refractivity contribution in [1.29, 1.82) is 0 Å². The minimum Gasteiger partial charge on any atom is -0.323 e. The predicted molar refractivity (Wildman–Crippen MR) is 112 cm³/mol. The third-order valence-corrected chi connectivity index (χ3v) is 5.88. The quantitative estimate of drug-likeness (QED) is 0.488. The van der Waals surface area contributed by atoms with Crippen LogP contribution in [0.5, 0.6) is 0 Å². The van der Waals surface area contributed by atoms with Crippen molar-refractivity contribution in [3.8, 4) is 11.1 Å². The third kappa shape index (κ3) is 4.95. The summed E-state index contributed by atoms with van der Waals surface area (Å²) in [6.45, 7) is 0. The number of amides is 1. The molecule has 1 fully saturated rings. The van der Waals surface area contributed by atoms with E-state index in [0.717, 1.165) is 41.7 Å². The second kappa shape index (κ2) is 9.06. The number of anilines is 1. The summed E-state index contributed by atoms with van der Waals surface area (Å²) >= 11 is 0. The predicted octanol–water partition coefficient (Wildman–Crippen LogP) is 6.21. The Balaban J connectivity index is 1.42. The number of aromatic nitrogens is 2. The van der Waals surface area contributed by atoms with Gasteiger partial charge in [0, 0.05) is 23.9 Å². The molecular formula is C24H21F4N3O. The first-order chi connectivity index (χ1) is 15.3. The molecule has 2 aromatic carbocycles. The van der Waals surface area contributed by atoms with E-state index in [1.807, 2.05) is 24.3 Å². The molecule has 0 radical (unpaired) electrons. The molecule has 32 heavy (non-hydrogen) atoms. The van der Waals surface area contributed by atoms with E-state index < -0.39 is 17.6 Å². The maximum Gasteiger partial charge on any atom is 0.416 e. The molecule has 166 valence electrons. The first-order valence-electron chi connectivity index (χ1n) is 10.3. The van der Waals surface area contributed by atoms with Crippen molar-refractivity contribution in [2.24, 2.45) is 5.92 Å². The summed E-state index contributed by atoms with van der Waals surface area (Å²) in [7, 11) is 0. The molecule has 8 heteroatoms. The van der Waals surface area contributed by atoms with E-state index in [1.165, 1.54) is 6.33 Å². The largest absolute Gasteiger partial charge is 0.416 e. The minimum absolute atomic E-state index is 0.179. The van der Waals surface area contributed by atoms with Gasteiger partial charge in [-0.15, -0.1) is 0 Å². The lowest BCUT2D eigenvalue weighted by Crippen LogP contribution is -2.28. The molecule has 2 atom stereocenters. The number of rotatable bonds is 4. The van der Waals surface area contributed by atoms with Crippen LogP contribution >= 0.6 is 0 Å². The molecule has 1 heterocycles. The summed E-state index contributed by atoms with van der Waals surface area (Å²) in [4.78, 5) is 20.7. The smallest absolute Gasteiger partial charge is 0.323 e. The second-order valence-electron chi connectivity index (χ2n) is 7.99. The van der Waals surface area contributed by atoms with Crippen LogP contribution in [0.15, 0.2) is 61.2 Å². The van der Waals surface area contributed by atoms with E-state index in [1.54, 1.807) is 12.4 Å². The number of benzene rings is 2. The summed E-state index contributed by atoms with van der Waals surface area (Å²) < 4.78 is 52.3. The van der Waals surface area contributed by atoms with Gasteiger partial charge in [0.05, 0.1) is 11.3 Å². The zero-order valence-corrected chi connectivity index (χ0v) is 17.1. The van der Waals surface area contributed by atoms with Crippen LogP contribution in [0.4, 0.5) is 23.2 Å². The van der Waals surface area contributed by atoms with Crippen molar-refractivity contribution < 1.29 is 22.4 Å². The lowest BCUT2D eigenvalue weighted by Gasteiger charge is -2.29. The molecule has 0 spiro atoms. The lowest BCUT2D eigenvalue weighted by atomic mass is 9.77. The fourth-order valence-electron chi connectivity index (χ4n) is 4.15. The molecule has 1 aliphatic rings. The van der Waals surface area contributed by atoms with E-state index in [0.29, 0.717) is 18.9 Å². The molecule has 0 saturated heterocycles. The highest BCUT2D eigenvalue weighted by atomic mass is 19.4. The number of carbonyl (C=O) groups excluding carboxylic acids is 1. The van der Waals surface area contributed by atoms with Gasteiger partial charge in [0.1, 0.15) is 12.1 Å². The van der Waals surface area contributed by atoms with Crippen molar-refractivity contribution in [2.75, 3.05) is 5.32 Å². The van der Waals surface area contributed by atoms with E-state index >= 15 is 0 Å². The molecular weight excluding hydrogens is 422 g/mol. The highest BCUT2D eigenvalue weighted by Gasteiger charge is 2.32. The molecule has 1 aliphatic carbocycles. The van der Waals surface area contributed by atoms with Gasteiger partial charge in [0.15, 0.2) is 0 Å². The normalized spacial score (nSPS) is 18.9. The molecule has 4 nitrogen and oxygen atoms in total. The van der Waals surface area contributed by atoms with Gasteiger partial charge in [0.25, 0.3) is 0 Å². The number of hydrogen-bond donors (Lipinski definition) is 1. The molecule has 4 rings (SSSR count). The average Bonchev–Trinajstić information content (AvgIpc) is 2.80. The Kier molecular flexibility index (Phi) is 6.21. The Morgan fingerprint density at radius 1 is 0.969 bits per heavy atom. The molecule has 3 aromatic rings. The number of halogens is 4. The van der Waals surface area contributed by atoms with Gasteiger partial charge < -0.3 is 5.32 Å². The van der Waals surface area contributed by atoms with Gasteiger partial charge in [-0.3, -0.25) is 4.79 Å². The van der Waals surface area contributed by atoms with Gasteiger partial charge in [-0.25, -0.2) is 14.4 Å². The highest BCUT2D eigenvalue weighted by molar-refractivity contribution is 5.92. The molecule has 0 aliphatic heterocycles. The first-order valence-corrected chi connectivity index (χ1v) is 10.3. The average molecular weight is 443 g/mol. The first kappa shape index (κ1) is 21.9. The monoisotopic (exact) mass is 443 g/mol. The van der Waals surface area contributed by atoms with Gasteiger partial charge in [-0.2, -0.15) is 13.2 Å². The molecule has 0 bridgehead atoms. The van der Waals surface area contributed by atoms with E-state index in [9.17, 15) is 22.4 Å². The Labute approximate surface area is 182 Å². The molecule has 2 unspecified atom stereocenters. The minimum atomic E-state index is -4.64. The van der Waals surface area contributed by atoms with Crippen molar-refractivity contribution in [1.82, 2.24) is 9.97 Å². The van der Waals surface area contributed by atoms with Crippen LogP contribution in [0.3, 0.4) is 0 Å². The van der Waals surface area contributed by atoms with Crippen LogP contribution < -0.4 is 5.32 Å². The Bertz CT molecular complexity index is 1080. The van der Waals surface area contributed by atoms with Crippen LogP contribution in [0, 0.1) is 11.7 Å².